The summed E-state index contributed by atoms with van der Waals surface area (Å²) >= 11 is 0. The van der Waals surface area contributed by atoms with Gasteiger partial charge in [0.15, 0.2) is 0 Å². The van der Waals surface area contributed by atoms with Gasteiger partial charge in [0.1, 0.15) is 0 Å². The van der Waals surface area contributed by atoms with E-state index >= 15 is 0 Å². The minimum absolute atomic E-state index is 0.0371. The molecule has 0 N–H and O–H groups in total. The molecule has 4 aliphatic rings. The number of carbonyl (C=O) groups excluding carboxylic acids is 1. The van der Waals surface area contributed by atoms with Crippen LogP contribution in [-0.4, -0.2) is 18.5 Å². The Morgan fingerprint density at radius 2 is 1.75 bits per heavy atom. The fourth-order valence-electron chi connectivity index (χ4n) is 7.29. The number of benzene rings is 1. The number of halogens is 2. The van der Waals surface area contributed by atoms with E-state index in [2.05, 4.69) is 31.2 Å². The molecule has 0 heterocycles. The van der Waals surface area contributed by atoms with Gasteiger partial charge in [-0.1, -0.05) is 29.8 Å². The molecule has 1 spiro atoms. The third-order valence-corrected chi connectivity index (χ3v) is 7.86. The smallest absolute Gasteiger partial charge is 0.376 e. The van der Waals surface area contributed by atoms with E-state index < -0.39 is 11.9 Å². The maximum Gasteiger partial charge on any atom is 0.376 e. The highest BCUT2D eigenvalue weighted by Gasteiger charge is 2.93. The Morgan fingerprint density at radius 1 is 1.17 bits per heavy atom. The Labute approximate surface area is 140 Å². The quantitative estimate of drug-likeness (QED) is 0.771. The van der Waals surface area contributed by atoms with Crippen molar-refractivity contribution in [2.45, 2.75) is 50.9 Å². The summed E-state index contributed by atoms with van der Waals surface area (Å²) < 4.78 is 31.3. The van der Waals surface area contributed by atoms with Crippen molar-refractivity contribution < 1.29 is 18.3 Å². The van der Waals surface area contributed by atoms with Crippen molar-refractivity contribution in [1.29, 1.82) is 0 Å². The molecule has 1 aromatic rings. The van der Waals surface area contributed by atoms with Crippen LogP contribution in [0, 0.1) is 29.6 Å². The van der Waals surface area contributed by atoms with Crippen LogP contribution in [-0.2, 0) is 14.9 Å². The Kier molecular flexibility index (Phi) is 2.49. The third-order valence-electron chi connectivity index (χ3n) is 7.86. The van der Waals surface area contributed by atoms with Crippen molar-refractivity contribution in [3.05, 3.63) is 35.4 Å². The number of rotatable bonds is 4. The molecule has 0 aliphatic heterocycles. The van der Waals surface area contributed by atoms with Crippen molar-refractivity contribution >= 4 is 5.97 Å². The van der Waals surface area contributed by atoms with Gasteiger partial charge in [0.25, 0.3) is 0 Å². The van der Waals surface area contributed by atoms with Crippen molar-refractivity contribution in [2.24, 2.45) is 22.7 Å². The topological polar surface area (TPSA) is 26.3 Å². The molecule has 5 rings (SSSR count). The second-order valence-corrected chi connectivity index (χ2v) is 8.77. The van der Waals surface area contributed by atoms with Gasteiger partial charge in [0, 0.05) is 17.8 Å². The highest BCUT2D eigenvalue weighted by atomic mass is 19.3. The van der Waals surface area contributed by atoms with E-state index in [0.717, 1.165) is 12.8 Å². The van der Waals surface area contributed by atoms with E-state index in [1.165, 1.54) is 24.0 Å². The molecule has 4 saturated carbocycles. The molecule has 0 bridgehead atoms. The van der Waals surface area contributed by atoms with E-state index in [1.807, 2.05) is 0 Å². The molecule has 2 unspecified atom stereocenters. The van der Waals surface area contributed by atoms with Crippen LogP contribution in [0.1, 0.15) is 43.7 Å². The van der Waals surface area contributed by atoms with Crippen LogP contribution in [0.3, 0.4) is 0 Å². The first-order chi connectivity index (χ1) is 11.3. The number of hydrogen-bond acceptors (Lipinski definition) is 2. The average Bonchev–Trinajstić information content (AvgIpc) is 2.44. The van der Waals surface area contributed by atoms with E-state index in [0.29, 0.717) is 18.8 Å². The summed E-state index contributed by atoms with van der Waals surface area (Å²) in [5, 5.41) is 0. The van der Waals surface area contributed by atoms with Crippen LogP contribution in [0.4, 0.5) is 8.78 Å². The summed E-state index contributed by atoms with van der Waals surface area (Å²) in [5.74, 6) is -3.37. The molecule has 0 aromatic heterocycles. The van der Waals surface area contributed by atoms with Crippen molar-refractivity contribution in [2.75, 3.05) is 6.61 Å². The third kappa shape index (κ3) is 1.34. The van der Waals surface area contributed by atoms with Gasteiger partial charge < -0.3 is 4.74 Å². The lowest BCUT2D eigenvalue weighted by Crippen LogP contribution is -2.92. The van der Waals surface area contributed by atoms with Crippen molar-refractivity contribution in [1.82, 2.24) is 0 Å². The Hall–Kier alpha value is -1.45. The van der Waals surface area contributed by atoms with Crippen LogP contribution in [0.15, 0.2) is 24.3 Å². The fraction of sp³-hybridized carbons (Fsp3) is 0.650. The molecule has 4 aliphatic carbocycles. The second-order valence-electron chi connectivity index (χ2n) is 8.77. The second kappa shape index (κ2) is 4.03. The van der Waals surface area contributed by atoms with Crippen molar-refractivity contribution in [3.63, 3.8) is 0 Å². The number of esters is 1. The van der Waals surface area contributed by atoms with Crippen molar-refractivity contribution in [3.8, 4) is 0 Å². The fourth-order valence-corrected chi connectivity index (χ4v) is 7.29. The van der Waals surface area contributed by atoms with E-state index in [-0.39, 0.29) is 22.9 Å². The van der Waals surface area contributed by atoms with Gasteiger partial charge in [-0.25, -0.2) is 4.79 Å². The van der Waals surface area contributed by atoms with E-state index in [1.54, 1.807) is 0 Å². The molecule has 4 fully saturated rings. The predicted molar refractivity (Wildman–Crippen MR) is 84.8 cm³/mol. The molecule has 4 heteroatoms. The maximum atomic E-state index is 13.1. The molecule has 2 nitrogen and oxygen atoms in total. The lowest BCUT2D eigenvalue weighted by molar-refractivity contribution is -0.452. The van der Waals surface area contributed by atoms with Crippen LogP contribution in [0.25, 0.3) is 0 Å². The van der Waals surface area contributed by atoms with Crippen LogP contribution >= 0.6 is 0 Å². The standard InChI is InChI=1S/C20H22F2O2/c1-12-3-5-13(6-4-12)19-9-14-7-18(8-15(10-19)20(14,18)19)11-24-16(23)17(2,21)22/h3-6,14-15H,7-11H2,1-2H3. The minimum atomic E-state index is -3.39. The highest BCUT2D eigenvalue weighted by molar-refractivity contribution is 5.77. The molecule has 128 valence electrons. The SMILES string of the molecule is Cc1ccc(C23CC4CC5(COC(=O)C(C)(F)F)CC(C2)C453)cc1. The van der Waals surface area contributed by atoms with Gasteiger partial charge >= 0.3 is 11.9 Å². The number of ether oxygens (including phenoxy) is 1. The summed E-state index contributed by atoms with van der Waals surface area (Å²) in [6, 6.07) is 8.81. The largest absolute Gasteiger partial charge is 0.461 e. The summed E-state index contributed by atoms with van der Waals surface area (Å²) in [5.41, 5.74) is 3.07. The Morgan fingerprint density at radius 3 is 2.25 bits per heavy atom. The summed E-state index contributed by atoms with van der Waals surface area (Å²) in [4.78, 5) is 11.5. The van der Waals surface area contributed by atoms with Gasteiger partial charge in [-0.15, -0.1) is 0 Å². The monoisotopic (exact) mass is 332 g/mol. The number of aryl methyl sites for hydroxylation is 1. The molecule has 0 radical (unpaired) electrons. The lowest BCUT2D eigenvalue weighted by atomic mass is 9.08. The van der Waals surface area contributed by atoms with Gasteiger partial charge in [0.2, 0.25) is 0 Å². The summed E-state index contributed by atoms with van der Waals surface area (Å²) in [6.45, 7) is 2.88. The van der Waals surface area contributed by atoms with Crippen LogP contribution in [0.2, 0.25) is 0 Å². The van der Waals surface area contributed by atoms with Gasteiger partial charge in [-0.05, 0) is 55.4 Å². The van der Waals surface area contributed by atoms with Crippen LogP contribution < -0.4 is 0 Å². The molecule has 0 amide bonds. The zero-order chi connectivity index (χ0) is 17.0. The first kappa shape index (κ1) is 14.9. The molecular weight excluding hydrogens is 310 g/mol. The molecule has 2 atom stereocenters. The molecule has 0 saturated heterocycles. The Bertz CT molecular complexity index is 715. The molecule has 1 aromatic carbocycles. The van der Waals surface area contributed by atoms with E-state index in [9.17, 15) is 13.6 Å². The molecule has 24 heavy (non-hydrogen) atoms. The normalized spacial score (nSPS) is 44.0. The van der Waals surface area contributed by atoms with Crippen LogP contribution in [0.5, 0.6) is 0 Å². The Balaban J connectivity index is 1.40. The first-order valence-corrected chi connectivity index (χ1v) is 8.87. The highest BCUT2D eigenvalue weighted by Crippen LogP contribution is 2.97. The minimum Gasteiger partial charge on any atom is -0.461 e. The zero-order valence-electron chi connectivity index (χ0n) is 14.1. The number of alkyl halides is 2. The molecular formula is C20H22F2O2. The first-order valence-electron chi connectivity index (χ1n) is 8.87. The van der Waals surface area contributed by atoms with Gasteiger partial charge in [0.05, 0.1) is 6.61 Å². The number of hydrogen-bond donors (Lipinski definition) is 0. The van der Waals surface area contributed by atoms with E-state index in [4.69, 9.17) is 4.74 Å². The predicted octanol–water partition coefficient (Wildman–Crippen LogP) is 4.25. The lowest BCUT2D eigenvalue weighted by Gasteiger charge is -2.95. The van der Waals surface area contributed by atoms with Gasteiger partial charge in [-0.3, -0.25) is 0 Å². The average molecular weight is 332 g/mol. The van der Waals surface area contributed by atoms with Gasteiger partial charge in [-0.2, -0.15) is 8.78 Å². The maximum absolute atomic E-state index is 13.1. The summed E-state index contributed by atoms with van der Waals surface area (Å²) in [7, 11) is 0. The zero-order valence-corrected chi connectivity index (χ0v) is 14.1. The number of carbonyl (C=O) groups is 1. The summed E-state index contributed by atoms with van der Waals surface area (Å²) in [6.07, 6.45) is 4.51.